The van der Waals surface area contributed by atoms with Crippen molar-refractivity contribution in [2.24, 2.45) is 5.92 Å². The monoisotopic (exact) mass is 565 g/mol. The number of aromatic nitrogens is 4. The maximum atomic E-state index is 13.0. The Labute approximate surface area is 234 Å². The fourth-order valence-electron chi connectivity index (χ4n) is 5.74. The Balaban J connectivity index is 1.24. The van der Waals surface area contributed by atoms with Crippen LogP contribution in [-0.2, 0) is 10.9 Å². The lowest BCUT2D eigenvalue weighted by Crippen LogP contribution is -2.38. The third-order valence-electron chi connectivity index (χ3n) is 7.77. The molecule has 214 valence electrons. The molecule has 4 aromatic rings. The van der Waals surface area contributed by atoms with Gasteiger partial charge < -0.3 is 20.7 Å². The first kappa shape index (κ1) is 27.2. The van der Waals surface area contributed by atoms with Crippen molar-refractivity contribution in [3.63, 3.8) is 0 Å². The van der Waals surface area contributed by atoms with E-state index in [1.54, 1.807) is 30.5 Å². The highest BCUT2D eigenvalue weighted by atomic mass is 19.4. The minimum absolute atomic E-state index is 0.181. The lowest BCUT2D eigenvalue weighted by molar-refractivity contribution is -0.137. The third-order valence-corrected chi connectivity index (χ3v) is 7.77. The zero-order valence-corrected chi connectivity index (χ0v) is 22.3. The number of ether oxygens (including phenoxy) is 1. The maximum absolute atomic E-state index is 13.0. The van der Waals surface area contributed by atoms with Gasteiger partial charge in [-0.25, -0.2) is 15.0 Å². The van der Waals surface area contributed by atoms with E-state index in [0.717, 1.165) is 81.8 Å². The van der Waals surface area contributed by atoms with Gasteiger partial charge in [0.15, 0.2) is 0 Å². The first-order valence-electron chi connectivity index (χ1n) is 13.6. The summed E-state index contributed by atoms with van der Waals surface area (Å²) in [7, 11) is 0. The largest absolute Gasteiger partial charge is 0.416 e. The van der Waals surface area contributed by atoms with Gasteiger partial charge in [-0.05, 0) is 56.0 Å². The van der Waals surface area contributed by atoms with E-state index in [4.69, 9.17) is 15.5 Å². The van der Waals surface area contributed by atoms with Crippen LogP contribution in [0, 0.1) is 5.92 Å². The summed E-state index contributed by atoms with van der Waals surface area (Å²) in [6.07, 6.45) is 3.22. The van der Waals surface area contributed by atoms with Crippen molar-refractivity contribution < 1.29 is 22.7 Å². The average Bonchev–Trinajstić information content (AvgIpc) is 3.62. The minimum Gasteiger partial charge on any atom is -0.382 e. The average molecular weight is 566 g/mol. The Morgan fingerprint density at radius 3 is 2.71 bits per heavy atom. The Morgan fingerprint density at radius 1 is 1.12 bits per heavy atom. The van der Waals surface area contributed by atoms with Gasteiger partial charge in [0.1, 0.15) is 28.7 Å². The zero-order chi connectivity index (χ0) is 28.6. The number of nitrogen functional groups attached to an aromatic ring is 1. The molecule has 0 aliphatic carbocycles. The summed E-state index contributed by atoms with van der Waals surface area (Å²) in [5.41, 5.74) is 7.83. The molecule has 3 aromatic heterocycles. The van der Waals surface area contributed by atoms with Gasteiger partial charge in [0, 0.05) is 55.3 Å². The minimum atomic E-state index is -4.53. The molecule has 2 unspecified atom stereocenters. The summed E-state index contributed by atoms with van der Waals surface area (Å²) >= 11 is 0. The molecule has 2 aliphatic heterocycles. The summed E-state index contributed by atoms with van der Waals surface area (Å²) < 4.78 is 46.7. The van der Waals surface area contributed by atoms with E-state index in [0.29, 0.717) is 22.9 Å². The number of pyridine rings is 1. The van der Waals surface area contributed by atoms with Crippen molar-refractivity contribution in [1.29, 1.82) is 0 Å². The molecule has 2 aliphatic rings. The number of piperidine rings is 1. The number of halogens is 3. The number of benzene rings is 1. The van der Waals surface area contributed by atoms with Gasteiger partial charge in [0.2, 0.25) is 0 Å². The number of amides is 1. The zero-order valence-electron chi connectivity index (χ0n) is 22.3. The van der Waals surface area contributed by atoms with Gasteiger partial charge in [-0.3, -0.25) is 9.20 Å². The van der Waals surface area contributed by atoms with Crippen LogP contribution in [0.4, 0.5) is 24.8 Å². The molecule has 41 heavy (non-hydrogen) atoms. The molecule has 9 nitrogen and oxygen atoms in total. The molecule has 2 fully saturated rings. The Hall–Kier alpha value is -4.03. The number of hydrogen-bond donors (Lipinski definition) is 2. The van der Waals surface area contributed by atoms with E-state index in [1.807, 2.05) is 10.6 Å². The molecular formula is C29H30F3N7O2. The molecule has 6 rings (SSSR count). The second kappa shape index (κ2) is 11.1. The highest BCUT2D eigenvalue weighted by Crippen LogP contribution is 2.35. The number of imidazole rings is 1. The Kier molecular flexibility index (Phi) is 7.35. The Morgan fingerprint density at radius 2 is 1.95 bits per heavy atom. The number of nitrogens with two attached hydrogens (primary N) is 1. The van der Waals surface area contributed by atoms with Gasteiger partial charge in [-0.1, -0.05) is 12.1 Å². The number of rotatable bonds is 6. The predicted octanol–water partition coefficient (Wildman–Crippen LogP) is 4.86. The molecule has 0 spiro atoms. The molecule has 2 atom stereocenters. The highest BCUT2D eigenvalue weighted by Gasteiger charge is 2.31. The number of hydrogen-bond acceptors (Lipinski definition) is 7. The molecule has 12 heteroatoms. The van der Waals surface area contributed by atoms with Gasteiger partial charge in [-0.2, -0.15) is 13.2 Å². The van der Waals surface area contributed by atoms with Crippen LogP contribution in [0.3, 0.4) is 0 Å². The van der Waals surface area contributed by atoms with Gasteiger partial charge >= 0.3 is 6.18 Å². The Bertz CT molecular complexity index is 1550. The van der Waals surface area contributed by atoms with Gasteiger partial charge in [-0.15, -0.1) is 0 Å². The smallest absolute Gasteiger partial charge is 0.382 e. The van der Waals surface area contributed by atoms with Crippen molar-refractivity contribution >= 4 is 23.1 Å². The lowest BCUT2D eigenvalue weighted by atomic mass is 9.96. The second-order valence-corrected chi connectivity index (χ2v) is 10.6. The topological polar surface area (TPSA) is 111 Å². The molecular weight excluding hydrogens is 535 g/mol. The number of carbonyl (C=O) groups excluding carboxylic acids is 1. The van der Waals surface area contributed by atoms with Crippen LogP contribution < -0.4 is 11.1 Å². The highest BCUT2D eigenvalue weighted by molar-refractivity contribution is 6.04. The van der Waals surface area contributed by atoms with E-state index in [1.165, 1.54) is 0 Å². The number of likely N-dealkylation sites (tertiary alicyclic amines) is 1. The molecule has 1 amide bonds. The van der Waals surface area contributed by atoms with Crippen LogP contribution in [-0.4, -0.2) is 63.0 Å². The summed E-state index contributed by atoms with van der Waals surface area (Å²) in [5, 5.41) is 2.43. The summed E-state index contributed by atoms with van der Waals surface area (Å²) in [6.45, 7) is 4.65. The molecule has 0 saturated carbocycles. The third kappa shape index (κ3) is 5.75. The fourth-order valence-corrected chi connectivity index (χ4v) is 5.74. The normalized spacial score (nSPS) is 20.0. The number of carbonyl (C=O) groups is 1. The molecule has 5 heterocycles. The SMILES string of the molecule is Nc1nccn2c(C3CCCN(CC4CCOC4)C3)nc(-c3ccc(C(=O)Nc4cc(C(F)(F)F)ccn4)cc3)c12. The van der Waals surface area contributed by atoms with E-state index < -0.39 is 17.6 Å². The number of nitrogens with one attached hydrogen (secondary N) is 1. The molecule has 3 N–H and O–H groups in total. The molecule has 2 saturated heterocycles. The van der Waals surface area contributed by atoms with Gasteiger partial charge in [0.25, 0.3) is 5.91 Å². The van der Waals surface area contributed by atoms with E-state index in [2.05, 4.69) is 20.2 Å². The van der Waals surface area contributed by atoms with E-state index in [9.17, 15) is 18.0 Å². The van der Waals surface area contributed by atoms with Crippen molar-refractivity contribution in [2.45, 2.75) is 31.4 Å². The predicted molar refractivity (Wildman–Crippen MR) is 147 cm³/mol. The molecule has 1 aromatic carbocycles. The number of alkyl halides is 3. The lowest BCUT2D eigenvalue weighted by Gasteiger charge is -2.33. The second-order valence-electron chi connectivity index (χ2n) is 10.6. The van der Waals surface area contributed by atoms with Crippen molar-refractivity contribution in [3.05, 3.63) is 71.9 Å². The summed E-state index contributed by atoms with van der Waals surface area (Å²) in [4.78, 5) is 28.5. The van der Waals surface area contributed by atoms with Crippen LogP contribution in [0.1, 0.15) is 46.9 Å². The number of anilines is 2. The van der Waals surface area contributed by atoms with Crippen LogP contribution in [0.5, 0.6) is 0 Å². The standard InChI is InChI=1S/C29H30F3N7O2/c30-29(31,32)22-7-9-34-23(14-22)36-28(40)20-5-3-19(4-6-20)24-25-26(33)35-10-12-39(25)27(37-24)21-2-1-11-38(16-21)15-18-8-13-41-17-18/h3-7,9-10,12,14,18,21H,1-2,8,11,13,15-17H2,(H2,33,35)(H,34,36,40). The van der Waals surface area contributed by atoms with Crippen LogP contribution >= 0.6 is 0 Å². The fraction of sp³-hybridized carbons (Fsp3) is 0.379. The summed E-state index contributed by atoms with van der Waals surface area (Å²) in [5.74, 6) is 1.32. The van der Waals surface area contributed by atoms with Crippen LogP contribution in [0.15, 0.2) is 55.0 Å². The summed E-state index contributed by atoms with van der Waals surface area (Å²) in [6, 6.07) is 8.35. The van der Waals surface area contributed by atoms with Crippen molar-refractivity contribution in [1.82, 2.24) is 24.3 Å². The first-order chi connectivity index (χ1) is 19.8. The van der Waals surface area contributed by atoms with Gasteiger partial charge in [0.05, 0.1) is 12.2 Å². The van der Waals surface area contributed by atoms with Crippen molar-refractivity contribution in [2.75, 3.05) is 43.9 Å². The molecule has 0 bridgehead atoms. The van der Waals surface area contributed by atoms with E-state index in [-0.39, 0.29) is 17.3 Å². The van der Waals surface area contributed by atoms with E-state index >= 15 is 0 Å². The first-order valence-corrected chi connectivity index (χ1v) is 13.6. The molecule has 0 radical (unpaired) electrons. The quantitative estimate of drug-likeness (QED) is 0.344. The maximum Gasteiger partial charge on any atom is 0.416 e. The number of nitrogens with zero attached hydrogens (tertiary/aromatic N) is 5. The number of fused-ring (bicyclic) bond motifs is 1. The van der Waals surface area contributed by atoms with Crippen LogP contribution in [0.25, 0.3) is 16.8 Å². The van der Waals surface area contributed by atoms with Crippen LogP contribution in [0.2, 0.25) is 0 Å². The van der Waals surface area contributed by atoms with Crippen molar-refractivity contribution in [3.8, 4) is 11.3 Å².